The van der Waals surface area contributed by atoms with Crippen molar-refractivity contribution in [3.05, 3.63) is 29.3 Å². The molecule has 1 atom stereocenters. The highest BCUT2D eigenvalue weighted by Gasteiger charge is 2.28. The number of aliphatic hydroxyl groups excluding tert-OH is 1. The number of hydrogen-bond acceptors (Lipinski definition) is 3. The smallest absolute Gasteiger partial charge is 0.241 e. The Bertz CT molecular complexity index is 380. The molecule has 0 aromatic heterocycles. The lowest BCUT2D eigenvalue weighted by Gasteiger charge is -2.35. The lowest BCUT2D eigenvalue weighted by Crippen LogP contribution is -2.56. The Morgan fingerprint density at radius 2 is 2.12 bits per heavy atom. The number of piperazine rings is 1. The number of aliphatic hydroxyl groups is 1. The maximum Gasteiger partial charge on any atom is 0.241 e. The van der Waals surface area contributed by atoms with E-state index in [1.807, 2.05) is 0 Å². The number of halogens is 1. The summed E-state index contributed by atoms with van der Waals surface area (Å²) in [5.74, 6) is -0.0346. The molecule has 0 spiro atoms. The lowest BCUT2D eigenvalue weighted by molar-refractivity contribution is -0.119. The van der Waals surface area contributed by atoms with Crippen LogP contribution in [0.2, 0.25) is 5.02 Å². The number of anilines is 1. The van der Waals surface area contributed by atoms with Gasteiger partial charge in [-0.05, 0) is 24.3 Å². The molecule has 0 saturated carbocycles. The minimum Gasteiger partial charge on any atom is -0.394 e. The van der Waals surface area contributed by atoms with Gasteiger partial charge in [0, 0.05) is 17.3 Å². The van der Waals surface area contributed by atoms with Gasteiger partial charge in [-0.15, -0.1) is 0 Å². The van der Waals surface area contributed by atoms with Crippen LogP contribution in [0.5, 0.6) is 0 Å². The summed E-state index contributed by atoms with van der Waals surface area (Å²) in [6.07, 6.45) is 0. The highest BCUT2D eigenvalue weighted by Crippen LogP contribution is 2.21. The molecule has 1 aliphatic heterocycles. The Labute approximate surface area is 98.8 Å². The molecule has 2 N–H and O–H groups in total. The van der Waals surface area contributed by atoms with Crippen molar-refractivity contribution in [3.63, 3.8) is 0 Å². The highest BCUT2D eigenvalue weighted by atomic mass is 35.5. The topological polar surface area (TPSA) is 52.6 Å². The zero-order chi connectivity index (χ0) is 11.5. The van der Waals surface area contributed by atoms with Crippen molar-refractivity contribution < 1.29 is 9.90 Å². The van der Waals surface area contributed by atoms with Gasteiger partial charge in [0.25, 0.3) is 0 Å². The van der Waals surface area contributed by atoms with E-state index in [-0.39, 0.29) is 18.6 Å². The quantitative estimate of drug-likeness (QED) is 0.798. The highest BCUT2D eigenvalue weighted by molar-refractivity contribution is 6.30. The number of benzene rings is 1. The monoisotopic (exact) mass is 240 g/mol. The Morgan fingerprint density at radius 1 is 1.44 bits per heavy atom. The number of hydrogen-bond donors (Lipinski definition) is 2. The molecular formula is C11H13ClN2O2. The lowest BCUT2D eigenvalue weighted by atomic mass is 10.1. The van der Waals surface area contributed by atoms with E-state index in [1.54, 1.807) is 29.2 Å². The van der Waals surface area contributed by atoms with Crippen LogP contribution in [-0.4, -0.2) is 36.8 Å². The molecule has 86 valence electrons. The summed E-state index contributed by atoms with van der Waals surface area (Å²) in [6, 6.07) is 6.84. The van der Waals surface area contributed by atoms with Crippen molar-refractivity contribution in [2.24, 2.45) is 0 Å². The van der Waals surface area contributed by atoms with Gasteiger partial charge >= 0.3 is 0 Å². The van der Waals surface area contributed by atoms with Crippen LogP contribution in [0.4, 0.5) is 5.69 Å². The van der Waals surface area contributed by atoms with E-state index in [9.17, 15) is 9.90 Å². The first-order valence-corrected chi connectivity index (χ1v) is 5.49. The predicted octanol–water partition coefficient (Wildman–Crippen LogP) is 0.637. The van der Waals surface area contributed by atoms with Crippen LogP contribution in [0, 0.1) is 0 Å². The fourth-order valence-corrected chi connectivity index (χ4v) is 1.95. The molecule has 0 bridgehead atoms. The van der Waals surface area contributed by atoms with Crippen LogP contribution >= 0.6 is 11.6 Å². The molecule has 4 nitrogen and oxygen atoms in total. The van der Waals surface area contributed by atoms with E-state index in [0.29, 0.717) is 18.1 Å². The molecule has 0 aliphatic carbocycles. The van der Waals surface area contributed by atoms with E-state index in [2.05, 4.69) is 5.32 Å². The number of carbonyl (C=O) groups is 1. The molecule has 0 radical (unpaired) electrons. The van der Waals surface area contributed by atoms with Gasteiger partial charge in [-0.3, -0.25) is 4.79 Å². The Hall–Kier alpha value is -1.10. The predicted molar refractivity (Wildman–Crippen MR) is 62.7 cm³/mol. The molecule has 5 heteroatoms. The fraction of sp³-hybridized carbons (Fsp3) is 0.364. The van der Waals surface area contributed by atoms with E-state index in [0.717, 1.165) is 5.69 Å². The van der Waals surface area contributed by atoms with Gasteiger partial charge in [0.1, 0.15) is 0 Å². The molecule has 1 aromatic carbocycles. The average Bonchev–Trinajstić information content (AvgIpc) is 2.30. The third-order valence-electron chi connectivity index (χ3n) is 2.61. The molecule has 2 rings (SSSR count). The molecule has 1 aromatic rings. The summed E-state index contributed by atoms with van der Waals surface area (Å²) < 4.78 is 0. The van der Waals surface area contributed by atoms with E-state index in [1.165, 1.54) is 0 Å². The van der Waals surface area contributed by atoms with Crippen molar-refractivity contribution >= 4 is 23.2 Å². The second-order valence-electron chi connectivity index (χ2n) is 3.71. The first-order valence-electron chi connectivity index (χ1n) is 5.11. The third kappa shape index (κ3) is 2.19. The van der Waals surface area contributed by atoms with Crippen molar-refractivity contribution in [3.8, 4) is 0 Å². The zero-order valence-electron chi connectivity index (χ0n) is 8.69. The van der Waals surface area contributed by atoms with E-state index >= 15 is 0 Å². The van der Waals surface area contributed by atoms with Gasteiger partial charge in [-0.1, -0.05) is 11.6 Å². The van der Waals surface area contributed by atoms with Crippen LogP contribution in [0.3, 0.4) is 0 Å². The minimum atomic E-state index is -0.206. The van der Waals surface area contributed by atoms with Crippen LogP contribution in [-0.2, 0) is 4.79 Å². The first kappa shape index (κ1) is 11.4. The fourth-order valence-electron chi connectivity index (χ4n) is 1.83. The number of nitrogens with one attached hydrogen (secondary N) is 1. The number of rotatable bonds is 2. The van der Waals surface area contributed by atoms with Crippen LogP contribution in [0.1, 0.15) is 0 Å². The maximum absolute atomic E-state index is 11.8. The van der Waals surface area contributed by atoms with Crippen LogP contribution in [0.25, 0.3) is 0 Å². The van der Waals surface area contributed by atoms with Crippen molar-refractivity contribution in [2.75, 3.05) is 24.6 Å². The standard InChI is InChI=1S/C11H13ClN2O2/c12-8-1-3-9(4-2-8)14-10(7-15)5-13-6-11(14)16/h1-4,10,13,15H,5-7H2. The maximum atomic E-state index is 11.8. The molecular weight excluding hydrogens is 228 g/mol. The van der Waals surface area contributed by atoms with Gasteiger partial charge in [-0.25, -0.2) is 0 Å². The van der Waals surface area contributed by atoms with Gasteiger partial charge in [-0.2, -0.15) is 0 Å². The largest absolute Gasteiger partial charge is 0.394 e. The number of amides is 1. The number of carbonyl (C=O) groups excluding carboxylic acids is 1. The zero-order valence-corrected chi connectivity index (χ0v) is 9.44. The molecule has 1 saturated heterocycles. The van der Waals surface area contributed by atoms with Gasteiger partial charge < -0.3 is 15.3 Å². The van der Waals surface area contributed by atoms with Gasteiger partial charge in [0.15, 0.2) is 0 Å². The molecule has 1 aliphatic rings. The van der Waals surface area contributed by atoms with Crippen molar-refractivity contribution in [1.29, 1.82) is 0 Å². The van der Waals surface area contributed by atoms with E-state index < -0.39 is 0 Å². The van der Waals surface area contributed by atoms with Gasteiger partial charge in [0.2, 0.25) is 5.91 Å². The SMILES string of the molecule is O=C1CNCC(CO)N1c1ccc(Cl)cc1. The Morgan fingerprint density at radius 3 is 2.75 bits per heavy atom. The summed E-state index contributed by atoms with van der Waals surface area (Å²) in [6.45, 7) is 0.853. The normalized spacial score (nSPS) is 21.2. The summed E-state index contributed by atoms with van der Waals surface area (Å²) in [5.41, 5.74) is 0.773. The van der Waals surface area contributed by atoms with Crippen molar-refractivity contribution in [1.82, 2.24) is 5.32 Å². The van der Waals surface area contributed by atoms with Crippen LogP contribution < -0.4 is 10.2 Å². The minimum absolute atomic E-state index is 0.0346. The molecule has 16 heavy (non-hydrogen) atoms. The summed E-state index contributed by atoms with van der Waals surface area (Å²) in [5, 5.41) is 12.8. The second kappa shape index (κ2) is 4.82. The first-order chi connectivity index (χ1) is 7.72. The van der Waals surface area contributed by atoms with Crippen LogP contribution in [0.15, 0.2) is 24.3 Å². The molecule has 1 amide bonds. The molecule has 1 heterocycles. The summed E-state index contributed by atoms with van der Waals surface area (Å²) in [7, 11) is 0. The molecule has 1 unspecified atom stereocenters. The molecule has 1 fully saturated rings. The number of nitrogens with zero attached hydrogens (tertiary/aromatic N) is 1. The Balaban J connectivity index is 2.28. The summed E-state index contributed by atoms with van der Waals surface area (Å²) in [4.78, 5) is 13.4. The second-order valence-corrected chi connectivity index (χ2v) is 4.14. The van der Waals surface area contributed by atoms with E-state index in [4.69, 9.17) is 11.6 Å². The van der Waals surface area contributed by atoms with Gasteiger partial charge in [0.05, 0.1) is 19.2 Å². The Kier molecular flexibility index (Phi) is 3.43. The average molecular weight is 241 g/mol. The summed E-state index contributed by atoms with van der Waals surface area (Å²) >= 11 is 5.79. The van der Waals surface area contributed by atoms with Crippen molar-refractivity contribution in [2.45, 2.75) is 6.04 Å². The third-order valence-corrected chi connectivity index (χ3v) is 2.86.